The minimum atomic E-state index is 0.0678. The molecule has 3 nitrogen and oxygen atoms in total. The van der Waals surface area contributed by atoms with Crippen LogP contribution < -0.4 is 10.2 Å². The van der Waals surface area contributed by atoms with Crippen molar-refractivity contribution in [1.29, 1.82) is 0 Å². The summed E-state index contributed by atoms with van der Waals surface area (Å²) in [7, 11) is 0. The third-order valence-corrected chi connectivity index (χ3v) is 3.92. The van der Waals surface area contributed by atoms with Crippen molar-refractivity contribution in [2.75, 3.05) is 29.6 Å². The molecular formula is C17H20N2OS. The van der Waals surface area contributed by atoms with Gasteiger partial charge in [0.1, 0.15) is 0 Å². The standard InChI is InChI=1S/C17H20N2OS/c1-3-19(15-9-5-4-6-10-15)17(20)13-18-14-8-7-11-16(12-14)21-2/h4-12,18H,3,13H2,1-2H3. The van der Waals surface area contributed by atoms with Crippen LogP contribution >= 0.6 is 11.8 Å². The van der Waals surface area contributed by atoms with Crippen molar-refractivity contribution < 1.29 is 4.79 Å². The van der Waals surface area contributed by atoms with E-state index in [-0.39, 0.29) is 5.91 Å². The van der Waals surface area contributed by atoms with Gasteiger partial charge in [-0.25, -0.2) is 0 Å². The Labute approximate surface area is 130 Å². The first-order chi connectivity index (χ1) is 10.2. The maximum absolute atomic E-state index is 12.4. The van der Waals surface area contributed by atoms with Crippen molar-refractivity contribution in [1.82, 2.24) is 0 Å². The highest BCUT2D eigenvalue weighted by Gasteiger charge is 2.12. The average Bonchev–Trinajstić information content (AvgIpc) is 2.55. The van der Waals surface area contributed by atoms with E-state index in [0.29, 0.717) is 13.1 Å². The van der Waals surface area contributed by atoms with Crippen molar-refractivity contribution >= 4 is 29.0 Å². The molecule has 0 fully saturated rings. The summed E-state index contributed by atoms with van der Waals surface area (Å²) in [4.78, 5) is 15.3. The smallest absolute Gasteiger partial charge is 0.246 e. The van der Waals surface area contributed by atoms with Crippen molar-refractivity contribution in [3.63, 3.8) is 0 Å². The number of anilines is 2. The summed E-state index contributed by atoms with van der Waals surface area (Å²) in [6, 6.07) is 17.8. The van der Waals surface area contributed by atoms with Crippen LogP contribution in [0.5, 0.6) is 0 Å². The van der Waals surface area contributed by atoms with Crippen LogP contribution in [0.2, 0.25) is 0 Å². The number of hydrogen-bond donors (Lipinski definition) is 1. The number of para-hydroxylation sites is 1. The first kappa shape index (κ1) is 15.4. The highest BCUT2D eigenvalue weighted by molar-refractivity contribution is 7.98. The zero-order valence-corrected chi connectivity index (χ0v) is 13.2. The fraction of sp³-hybridized carbons (Fsp3) is 0.235. The maximum atomic E-state index is 12.4. The van der Waals surface area contributed by atoms with E-state index in [1.807, 2.05) is 55.6 Å². The van der Waals surface area contributed by atoms with E-state index in [9.17, 15) is 4.79 Å². The normalized spacial score (nSPS) is 10.2. The Hall–Kier alpha value is -1.94. The van der Waals surface area contributed by atoms with Crippen molar-refractivity contribution in [2.24, 2.45) is 0 Å². The molecule has 0 aromatic heterocycles. The lowest BCUT2D eigenvalue weighted by Gasteiger charge is -2.21. The van der Waals surface area contributed by atoms with Crippen LogP contribution in [0.1, 0.15) is 6.92 Å². The zero-order valence-electron chi connectivity index (χ0n) is 12.4. The molecule has 0 aliphatic heterocycles. The first-order valence-electron chi connectivity index (χ1n) is 6.98. The minimum Gasteiger partial charge on any atom is -0.376 e. The molecule has 0 aliphatic carbocycles. The monoisotopic (exact) mass is 300 g/mol. The molecule has 2 aromatic carbocycles. The van der Waals surface area contributed by atoms with Crippen LogP contribution in [0.25, 0.3) is 0 Å². The maximum Gasteiger partial charge on any atom is 0.246 e. The van der Waals surface area contributed by atoms with Crippen molar-refractivity contribution in [2.45, 2.75) is 11.8 Å². The van der Waals surface area contributed by atoms with Gasteiger partial charge in [-0.3, -0.25) is 4.79 Å². The Bertz CT molecular complexity index is 586. The quantitative estimate of drug-likeness (QED) is 0.822. The minimum absolute atomic E-state index is 0.0678. The van der Waals surface area contributed by atoms with Gasteiger partial charge in [0.2, 0.25) is 5.91 Å². The van der Waals surface area contributed by atoms with E-state index in [4.69, 9.17) is 0 Å². The van der Waals surface area contributed by atoms with Crippen LogP contribution in [-0.2, 0) is 4.79 Å². The van der Waals surface area contributed by atoms with Gasteiger partial charge in [0, 0.05) is 22.8 Å². The van der Waals surface area contributed by atoms with Crippen molar-refractivity contribution in [3.05, 3.63) is 54.6 Å². The number of rotatable bonds is 6. The lowest BCUT2D eigenvalue weighted by atomic mass is 10.2. The van der Waals surface area contributed by atoms with Gasteiger partial charge in [0.05, 0.1) is 6.54 Å². The van der Waals surface area contributed by atoms with Gasteiger partial charge in [-0.1, -0.05) is 24.3 Å². The Morgan fingerprint density at radius 2 is 1.90 bits per heavy atom. The van der Waals surface area contributed by atoms with Gasteiger partial charge < -0.3 is 10.2 Å². The fourth-order valence-corrected chi connectivity index (χ4v) is 2.58. The number of hydrogen-bond acceptors (Lipinski definition) is 3. The van der Waals surface area contributed by atoms with E-state index in [2.05, 4.69) is 17.4 Å². The highest BCUT2D eigenvalue weighted by atomic mass is 32.2. The molecule has 0 aliphatic rings. The number of nitrogens with one attached hydrogen (secondary N) is 1. The number of carbonyl (C=O) groups is 1. The van der Waals surface area contributed by atoms with Crippen LogP contribution in [0.4, 0.5) is 11.4 Å². The number of benzene rings is 2. The first-order valence-corrected chi connectivity index (χ1v) is 8.20. The summed E-state index contributed by atoms with van der Waals surface area (Å²) < 4.78 is 0. The molecule has 21 heavy (non-hydrogen) atoms. The van der Waals surface area contributed by atoms with Crippen LogP contribution in [0.15, 0.2) is 59.5 Å². The SMILES string of the molecule is CCN(C(=O)CNc1cccc(SC)c1)c1ccccc1. The topological polar surface area (TPSA) is 32.3 Å². The summed E-state index contributed by atoms with van der Waals surface area (Å²) in [5.41, 5.74) is 1.91. The van der Waals surface area contributed by atoms with Crippen molar-refractivity contribution in [3.8, 4) is 0 Å². The van der Waals surface area contributed by atoms with Gasteiger partial charge in [0.15, 0.2) is 0 Å². The van der Waals surface area contributed by atoms with Gasteiger partial charge in [-0.15, -0.1) is 11.8 Å². The molecule has 1 N–H and O–H groups in total. The highest BCUT2D eigenvalue weighted by Crippen LogP contribution is 2.19. The average molecular weight is 300 g/mol. The zero-order chi connectivity index (χ0) is 15.1. The van der Waals surface area contributed by atoms with Gasteiger partial charge in [-0.2, -0.15) is 0 Å². The number of amides is 1. The molecular weight excluding hydrogens is 280 g/mol. The second-order valence-electron chi connectivity index (χ2n) is 4.56. The third kappa shape index (κ3) is 4.26. The van der Waals surface area contributed by atoms with Gasteiger partial charge in [0.25, 0.3) is 0 Å². The Morgan fingerprint density at radius 1 is 1.14 bits per heavy atom. The second-order valence-corrected chi connectivity index (χ2v) is 5.44. The summed E-state index contributed by atoms with van der Waals surface area (Å²) in [6.45, 7) is 2.94. The Morgan fingerprint density at radius 3 is 2.57 bits per heavy atom. The molecule has 1 amide bonds. The van der Waals surface area contributed by atoms with E-state index in [1.54, 1.807) is 16.7 Å². The van der Waals surface area contributed by atoms with Gasteiger partial charge in [-0.05, 0) is 43.5 Å². The molecule has 0 unspecified atom stereocenters. The van der Waals surface area contributed by atoms with Gasteiger partial charge >= 0.3 is 0 Å². The number of nitrogens with zero attached hydrogens (tertiary/aromatic N) is 1. The lowest BCUT2D eigenvalue weighted by Crippen LogP contribution is -2.35. The van der Waals surface area contributed by atoms with E-state index >= 15 is 0 Å². The second kappa shape index (κ2) is 7.74. The number of thioether (sulfide) groups is 1. The summed E-state index contributed by atoms with van der Waals surface area (Å²) >= 11 is 1.69. The molecule has 0 atom stereocenters. The molecule has 0 saturated heterocycles. The fourth-order valence-electron chi connectivity index (χ4n) is 2.12. The lowest BCUT2D eigenvalue weighted by molar-refractivity contribution is -0.116. The molecule has 110 valence electrons. The third-order valence-electron chi connectivity index (χ3n) is 3.20. The predicted molar refractivity (Wildman–Crippen MR) is 91.2 cm³/mol. The van der Waals surface area contributed by atoms with Crippen LogP contribution in [0.3, 0.4) is 0 Å². The van der Waals surface area contributed by atoms with E-state index in [0.717, 1.165) is 11.4 Å². The molecule has 0 heterocycles. The summed E-state index contributed by atoms with van der Waals surface area (Å²) in [5, 5.41) is 3.20. The summed E-state index contributed by atoms with van der Waals surface area (Å²) in [5.74, 6) is 0.0678. The molecule has 2 rings (SSSR count). The van der Waals surface area contributed by atoms with Crippen LogP contribution in [0, 0.1) is 0 Å². The largest absolute Gasteiger partial charge is 0.376 e. The Kier molecular flexibility index (Phi) is 5.69. The van der Waals surface area contributed by atoms with E-state index < -0.39 is 0 Å². The molecule has 0 bridgehead atoms. The summed E-state index contributed by atoms with van der Waals surface area (Å²) in [6.07, 6.45) is 2.04. The molecule has 2 aromatic rings. The number of likely N-dealkylation sites (N-methyl/N-ethyl adjacent to an activating group) is 1. The molecule has 4 heteroatoms. The van der Waals surface area contributed by atoms with E-state index in [1.165, 1.54) is 4.90 Å². The molecule has 0 spiro atoms. The molecule has 0 saturated carbocycles. The Balaban J connectivity index is 2.00. The predicted octanol–water partition coefficient (Wildman–Crippen LogP) is 3.87. The van der Waals surface area contributed by atoms with Crippen LogP contribution in [-0.4, -0.2) is 25.3 Å². The number of carbonyl (C=O) groups excluding carboxylic acids is 1. The molecule has 0 radical (unpaired) electrons.